The molecule has 2 rings (SSSR count). The van der Waals surface area contributed by atoms with Gasteiger partial charge in [0.2, 0.25) is 0 Å². The molecular formula is C15H28N2O2. The molecular weight excluding hydrogens is 240 g/mol. The first kappa shape index (κ1) is 14.6. The molecule has 2 N–H and O–H groups in total. The summed E-state index contributed by atoms with van der Waals surface area (Å²) in [6, 6.07) is 0.467. The van der Waals surface area contributed by atoms with Gasteiger partial charge < -0.3 is 15.4 Å². The fourth-order valence-corrected chi connectivity index (χ4v) is 3.33. The van der Waals surface area contributed by atoms with Crippen molar-refractivity contribution in [2.24, 2.45) is 17.1 Å². The Morgan fingerprint density at radius 3 is 2.37 bits per heavy atom. The van der Waals surface area contributed by atoms with E-state index in [1.165, 1.54) is 6.42 Å². The number of likely N-dealkylation sites (tertiary alicyclic amines) is 1. The monoisotopic (exact) mass is 268 g/mol. The van der Waals surface area contributed by atoms with Crippen molar-refractivity contribution in [1.29, 1.82) is 0 Å². The number of carbonyl (C=O) groups is 1. The Labute approximate surface area is 116 Å². The van der Waals surface area contributed by atoms with Crippen LogP contribution >= 0.6 is 0 Å². The summed E-state index contributed by atoms with van der Waals surface area (Å²) in [7, 11) is 0. The zero-order valence-corrected chi connectivity index (χ0v) is 12.9. The maximum atomic E-state index is 12.3. The van der Waals surface area contributed by atoms with Crippen LogP contribution in [-0.4, -0.2) is 35.2 Å². The molecule has 1 saturated heterocycles. The molecule has 4 nitrogen and oxygen atoms in total. The third-order valence-corrected chi connectivity index (χ3v) is 4.59. The Morgan fingerprint density at radius 1 is 1.32 bits per heavy atom. The molecule has 110 valence electrons. The highest BCUT2D eigenvalue weighted by Gasteiger charge is 2.60. The molecule has 19 heavy (non-hydrogen) atoms. The predicted molar refractivity (Wildman–Crippen MR) is 75.8 cm³/mol. The lowest BCUT2D eigenvalue weighted by Crippen LogP contribution is -2.48. The minimum atomic E-state index is -0.430. The second-order valence-corrected chi connectivity index (χ2v) is 7.61. The second-order valence-electron chi connectivity index (χ2n) is 7.61. The fraction of sp³-hybridized carbons (Fsp3) is 0.933. The molecule has 0 aromatic rings. The molecule has 0 radical (unpaired) electrons. The molecule has 1 saturated carbocycles. The summed E-state index contributed by atoms with van der Waals surface area (Å²) in [5, 5.41) is 0. The van der Waals surface area contributed by atoms with Crippen molar-refractivity contribution in [2.45, 2.75) is 71.6 Å². The van der Waals surface area contributed by atoms with E-state index in [2.05, 4.69) is 13.8 Å². The SMILES string of the molecule is CC(C)(C)OC(=O)N1CCCCC1[C@H]1[C@H](N)C1(C)C. The lowest BCUT2D eigenvalue weighted by molar-refractivity contribution is 0.00545. The van der Waals surface area contributed by atoms with Gasteiger partial charge in [-0.15, -0.1) is 0 Å². The van der Waals surface area contributed by atoms with E-state index in [4.69, 9.17) is 10.5 Å². The largest absolute Gasteiger partial charge is 0.444 e. The summed E-state index contributed by atoms with van der Waals surface area (Å²) in [6.45, 7) is 10.9. The first-order valence-electron chi connectivity index (χ1n) is 7.40. The lowest BCUT2D eigenvalue weighted by Gasteiger charge is -2.37. The van der Waals surface area contributed by atoms with Crippen molar-refractivity contribution in [1.82, 2.24) is 4.90 Å². The second kappa shape index (κ2) is 4.65. The van der Waals surface area contributed by atoms with Gasteiger partial charge in [0.1, 0.15) is 5.60 Å². The van der Waals surface area contributed by atoms with Crippen LogP contribution in [0.25, 0.3) is 0 Å². The molecule has 1 heterocycles. The molecule has 1 amide bonds. The van der Waals surface area contributed by atoms with E-state index in [1.54, 1.807) is 0 Å². The number of piperidine rings is 1. The van der Waals surface area contributed by atoms with Gasteiger partial charge >= 0.3 is 6.09 Å². The zero-order valence-electron chi connectivity index (χ0n) is 12.9. The Morgan fingerprint density at radius 2 is 1.89 bits per heavy atom. The van der Waals surface area contributed by atoms with Gasteiger partial charge in [0.15, 0.2) is 0 Å². The van der Waals surface area contributed by atoms with Crippen molar-refractivity contribution in [3.63, 3.8) is 0 Å². The Kier molecular flexibility index (Phi) is 3.58. The normalized spacial score (nSPS) is 34.0. The average molecular weight is 268 g/mol. The molecule has 1 unspecified atom stereocenters. The first-order valence-corrected chi connectivity index (χ1v) is 7.40. The quantitative estimate of drug-likeness (QED) is 0.795. The average Bonchev–Trinajstić information content (AvgIpc) is 2.75. The van der Waals surface area contributed by atoms with Crippen molar-refractivity contribution in [2.75, 3.05) is 6.54 Å². The maximum Gasteiger partial charge on any atom is 0.410 e. The minimum Gasteiger partial charge on any atom is -0.444 e. The minimum absolute atomic E-state index is 0.155. The zero-order chi connectivity index (χ0) is 14.4. The van der Waals surface area contributed by atoms with E-state index in [9.17, 15) is 4.79 Å². The number of carbonyl (C=O) groups excluding carboxylic acids is 1. The van der Waals surface area contributed by atoms with E-state index in [-0.39, 0.29) is 23.6 Å². The van der Waals surface area contributed by atoms with Crippen molar-refractivity contribution in [3.05, 3.63) is 0 Å². The van der Waals surface area contributed by atoms with Gasteiger partial charge in [0.25, 0.3) is 0 Å². The van der Waals surface area contributed by atoms with Gasteiger partial charge in [0.05, 0.1) is 0 Å². The molecule has 4 heteroatoms. The molecule has 2 aliphatic rings. The van der Waals surface area contributed by atoms with Crippen molar-refractivity contribution >= 4 is 6.09 Å². The van der Waals surface area contributed by atoms with Gasteiger partial charge in [-0.2, -0.15) is 0 Å². The van der Waals surface area contributed by atoms with Crippen LogP contribution in [0.3, 0.4) is 0 Å². The molecule has 0 spiro atoms. The number of ether oxygens (including phenoxy) is 1. The summed E-state index contributed by atoms with van der Waals surface area (Å²) < 4.78 is 5.53. The van der Waals surface area contributed by atoms with Crippen LogP contribution in [0, 0.1) is 11.3 Å². The lowest BCUT2D eigenvalue weighted by atomic mass is 9.94. The van der Waals surface area contributed by atoms with E-state index >= 15 is 0 Å². The Balaban J connectivity index is 2.07. The number of nitrogens with two attached hydrogens (primary N) is 1. The predicted octanol–water partition coefficient (Wildman–Crippen LogP) is 2.76. The third-order valence-electron chi connectivity index (χ3n) is 4.59. The van der Waals surface area contributed by atoms with Crippen molar-refractivity contribution in [3.8, 4) is 0 Å². The highest BCUT2D eigenvalue weighted by atomic mass is 16.6. The maximum absolute atomic E-state index is 12.3. The van der Waals surface area contributed by atoms with Gasteiger partial charge in [0, 0.05) is 24.5 Å². The smallest absolute Gasteiger partial charge is 0.410 e. The first-order chi connectivity index (χ1) is 8.64. The van der Waals surface area contributed by atoms with E-state index in [1.807, 2.05) is 25.7 Å². The molecule has 1 aliphatic carbocycles. The standard InChI is InChI=1S/C15H28N2O2/c1-14(2,3)19-13(18)17-9-7-6-8-10(17)11-12(16)15(11,4)5/h10-12H,6-9,16H2,1-5H3/t10?,11-,12-/m0/s1. The Bertz CT molecular complexity index is 360. The van der Waals surface area contributed by atoms with Crippen LogP contribution in [0.5, 0.6) is 0 Å². The fourth-order valence-electron chi connectivity index (χ4n) is 3.33. The highest BCUT2D eigenvalue weighted by Crippen LogP contribution is 2.55. The van der Waals surface area contributed by atoms with Crippen LogP contribution in [0.15, 0.2) is 0 Å². The van der Waals surface area contributed by atoms with Gasteiger partial charge in [-0.1, -0.05) is 13.8 Å². The van der Waals surface area contributed by atoms with Crippen LogP contribution < -0.4 is 5.73 Å². The van der Waals surface area contributed by atoms with Crippen LogP contribution in [0.4, 0.5) is 4.79 Å². The number of hydrogen-bond acceptors (Lipinski definition) is 3. The number of hydrogen-bond donors (Lipinski definition) is 1. The van der Waals surface area contributed by atoms with Gasteiger partial charge in [-0.3, -0.25) is 0 Å². The Hall–Kier alpha value is -0.770. The number of nitrogens with zero attached hydrogens (tertiary/aromatic N) is 1. The molecule has 0 bridgehead atoms. The van der Waals surface area contributed by atoms with Gasteiger partial charge in [-0.25, -0.2) is 4.79 Å². The van der Waals surface area contributed by atoms with Crippen LogP contribution in [0.2, 0.25) is 0 Å². The highest BCUT2D eigenvalue weighted by molar-refractivity contribution is 5.69. The number of amides is 1. The number of rotatable bonds is 1. The molecule has 2 fully saturated rings. The van der Waals surface area contributed by atoms with Gasteiger partial charge in [-0.05, 0) is 45.4 Å². The summed E-state index contributed by atoms with van der Waals surface area (Å²) >= 11 is 0. The molecule has 0 aromatic heterocycles. The van der Waals surface area contributed by atoms with Crippen LogP contribution in [0.1, 0.15) is 53.9 Å². The summed E-state index contributed by atoms with van der Waals surface area (Å²) in [5.41, 5.74) is 5.91. The van der Waals surface area contributed by atoms with E-state index in [0.717, 1.165) is 19.4 Å². The summed E-state index contributed by atoms with van der Waals surface area (Å²) in [5.74, 6) is 0.417. The van der Waals surface area contributed by atoms with Crippen molar-refractivity contribution < 1.29 is 9.53 Å². The molecule has 3 atom stereocenters. The molecule has 1 aliphatic heterocycles. The molecule has 0 aromatic carbocycles. The topological polar surface area (TPSA) is 55.6 Å². The van der Waals surface area contributed by atoms with Crippen LogP contribution in [-0.2, 0) is 4.74 Å². The third kappa shape index (κ3) is 2.88. The summed E-state index contributed by atoms with van der Waals surface area (Å²) in [6.07, 6.45) is 3.13. The van der Waals surface area contributed by atoms with E-state index in [0.29, 0.717) is 5.92 Å². The van der Waals surface area contributed by atoms with E-state index < -0.39 is 5.60 Å². The summed E-state index contributed by atoms with van der Waals surface area (Å²) in [4.78, 5) is 14.3.